The Morgan fingerprint density at radius 1 is 1.33 bits per heavy atom. The van der Waals surface area contributed by atoms with Crippen LogP contribution in [0.3, 0.4) is 0 Å². The first-order valence-corrected chi connectivity index (χ1v) is 8.88. The molecular formula is C17H25N3S. The van der Waals surface area contributed by atoms with Gasteiger partial charge in [-0.25, -0.2) is 4.98 Å². The predicted molar refractivity (Wildman–Crippen MR) is 88.5 cm³/mol. The van der Waals surface area contributed by atoms with Gasteiger partial charge in [-0.2, -0.15) is 0 Å². The number of thiophene rings is 1. The molecule has 0 radical (unpaired) electrons. The SMILES string of the molecule is CC1CCCC(NC(c2cccs2)c2nccn2C)CC1. The molecule has 0 aromatic carbocycles. The van der Waals surface area contributed by atoms with E-state index < -0.39 is 0 Å². The molecule has 0 spiro atoms. The van der Waals surface area contributed by atoms with Crippen LogP contribution in [0.15, 0.2) is 29.9 Å². The second kappa shape index (κ2) is 6.75. The molecule has 3 nitrogen and oxygen atoms in total. The molecule has 1 aliphatic carbocycles. The molecule has 3 unspecified atom stereocenters. The zero-order valence-corrected chi connectivity index (χ0v) is 13.8. The van der Waals surface area contributed by atoms with Gasteiger partial charge in [-0.15, -0.1) is 11.3 Å². The number of imidazole rings is 1. The minimum Gasteiger partial charge on any atom is -0.336 e. The van der Waals surface area contributed by atoms with E-state index in [9.17, 15) is 0 Å². The summed E-state index contributed by atoms with van der Waals surface area (Å²) in [6.45, 7) is 2.39. The summed E-state index contributed by atoms with van der Waals surface area (Å²) in [5.41, 5.74) is 0. The first kappa shape index (κ1) is 14.8. The molecule has 3 atom stereocenters. The summed E-state index contributed by atoms with van der Waals surface area (Å²) < 4.78 is 2.14. The third-order valence-corrected chi connectivity index (χ3v) is 5.54. The molecule has 2 aromatic rings. The summed E-state index contributed by atoms with van der Waals surface area (Å²) in [6, 6.07) is 5.19. The lowest BCUT2D eigenvalue weighted by Crippen LogP contribution is -2.34. The van der Waals surface area contributed by atoms with Crippen molar-refractivity contribution in [1.29, 1.82) is 0 Å². The zero-order chi connectivity index (χ0) is 14.7. The van der Waals surface area contributed by atoms with Crippen molar-refractivity contribution in [2.75, 3.05) is 0 Å². The highest BCUT2D eigenvalue weighted by Crippen LogP contribution is 2.29. The Morgan fingerprint density at radius 2 is 2.24 bits per heavy atom. The van der Waals surface area contributed by atoms with Crippen LogP contribution in [0.25, 0.3) is 0 Å². The first-order chi connectivity index (χ1) is 10.2. The van der Waals surface area contributed by atoms with E-state index in [4.69, 9.17) is 0 Å². The lowest BCUT2D eigenvalue weighted by atomic mass is 10.0. The van der Waals surface area contributed by atoms with Crippen LogP contribution in [0.1, 0.15) is 55.8 Å². The second-order valence-corrected chi connectivity index (χ2v) is 7.30. The minimum absolute atomic E-state index is 0.225. The number of hydrogen-bond acceptors (Lipinski definition) is 3. The standard InChI is InChI=1S/C17H25N3S/c1-13-5-3-6-14(9-8-13)19-16(15-7-4-12-21-15)17-18-10-11-20(17)2/h4,7,10-14,16,19H,3,5-6,8-9H2,1-2H3. The minimum atomic E-state index is 0.225. The van der Waals surface area contributed by atoms with Gasteiger partial charge in [0.2, 0.25) is 0 Å². The molecule has 1 N–H and O–H groups in total. The van der Waals surface area contributed by atoms with Gasteiger partial charge in [0.15, 0.2) is 0 Å². The van der Waals surface area contributed by atoms with Crippen molar-refractivity contribution < 1.29 is 0 Å². The van der Waals surface area contributed by atoms with E-state index in [0.717, 1.165) is 11.7 Å². The van der Waals surface area contributed by atoms with Crippen LogP contribution in [-0.4, -0.2) is 15.6 Å². The monoisotopic (exact) mass is 303 g/mol. The highest BCUT2D eigenvalue weighted by molar-refractivity contribution is 7.10. The van der Waals surface area contributed by atoms with Crippen LogP contribution in [0.5, 0.6) is 0 Å². The summed E-state index contributed by atoms with van der Waals surface area (Å²) in [7, 11) is 2.08. The van der Waals surface area contributed by atoms with Crippen LogP contribution in [-0.2, 0) is 7.05 Å². The number of aryl methyl sites for hydroxylation is 1. The van der Waals surface area contributed by atoms with E-state index in [2.05, 4.69) is 46.4 Å². The first-order valence-electron chi connectivity index (χ1n) is 8.00. The molecule has 0 amide bonds. The van der Waals surface area contributed by atoms with Gasteiger partial charge in [-0.3, -0.25) is 0 Å². The second-order valence-electron chi connectivity index (χ2n) is 6.32. The number of rotatable bonds is 4. The van der Waals surface area contributed by atoms with Gasteiger partial charge in [0, 0.05) is 30.4 Å². The summed E-state index contributed by atoms with van der Waals surface area (Å²) in [6.07, 6.45) is 10.6. The van der Waals surface area contributed by atoms with Crippen molar-refractivity contribution in [3.8, 4) is 0 Å². The summed E-state index contributed by atoms with van der Waals surface area (Å²) in [5, 5.41) is 6.04. The summed E-state index contributed by atoms with van der Waals surface area (Å²) in [5.74, 6) is 2.00. The van der Waals surface area contributed by atoms with Gasteiger partial charge in [0.05, 0.1) is 0 Å². The summed E-state index contributed by atoms with van der Waals surface area (Å²) in [4.78, 5) is 5.95. The highest BCUT2D eigenvalue weighted by Gasteiger charge is 2.24. The molecule has 1 fully saturated rings. The van der Waals surface area contributed by atoms with Crippen LogP contribution in [0, 0.1) is 5.92 Å². The predicted octanol–water partition coefficient (Wildman–Crippen LogP) is 4.13. The van der Waals surface area contributed by atoms with Crippen LogP contribution in [0.4, 0.5) is 0 Å². The van der Waals surface area contributed by atoms with Crippen LogP contribution < -0.4 is 5.32 Å². The maximum absolute atomic E-state index is 4.58. The maximum atomic E-state index is 4.58. The number of nitrogens with one attached hydrogen (secondary N) is 1. The van der Waals surface area contributed by atoms with Crippen LogP contribution in [0.2, 0.25) is 0 Å². The fraction of sp³-hybridized carbons (Fsp3) is 0.588. The fourth-order valence-electron chi connectivity index (χ4n) is 3.28. The largest absolute Gasteiger partial charge is 0.336 e. The average molecular weight is 303 g/mol. The lowest BCUT2D eigenvalue weighted by Gasteiger charge is -2.24. The van der Waals surface area contributed by atoms with Crippen molar-refractivity contribution in [3.05, 3.63) is 40.6 Å². The van der Waals surface area contributed by atoms with Gasteiger partial charge < -0.3 is 9.88 Å². The topological polar surface area (TPSA) is 29.9 Å². The smallest absolute Gasteiger partial charge is 0.131 e. The molecule has 114 valence electrons. The number of aromatic nitrogens is 2. The average Bonchev–Trinajstić information content (AvgIpc) is 3.09. The third-order valence-electron chi connectivity index (χ3n) is 4.60. The zero-order valence-electron chi connectivity index (χ0n) is 13.0. The Labute approximate surface area is 131 Å². The van der Waals surface area contributed by atoms with Crippen molar-refractivity contribution in [2.24, 2.45) is 13.0 Å². The summed E-state index contributed by atoms with van der Waals surface area (Å²) >= 11 is 1.82. The molecule has 21 heavy (non-hydrogen) atoms. The molecule has 4 heteroatoms. The molecule has 0 aliphatic heterocycles. The van der Waals surface area contributed by atoms with E-state index in [1.54, 1.807) is 0 Å². The van der Waals surface area contributed by atoms with Gasteiger partial charge in [0.25, 0.3) is 0 Å². The molecule has 1 saturated carbocycles. The van der Waals surface area contributed by atoms with Crippen molar-refractivity contribution >= 4 is 11.3 Å². The number of nitrogens with zero attached hydrogens (tertiary/aromatic N) is 2. The molecule has 0 bridgehead atoms. The quantitative estimate of drug-likeness (QED) is 0.861. The molecule has 2 aromatic heterocycles. The third kappa shape index (κ3) is 3.55. The van der Waals surface area contributed by atoms with Crippen molar-refractivity contribution in [2.45, 2.75) is 51.1 Å². The Morgan fingerprint density at radius 3 is 2.95 bits per heavy atom. The molecule has 0 saturated heterocycles. The Hall–Kier alpha value is -1.13. The van der Waals surface area contributed by atoms with E-state index in [1.807, 2.05) is 23.7 Å². The van der Waals surface area contributed by atoms with E-state index in [0.29, 0.717) is 6.04 Å². The van der Waals surface area contributed by atoms with Gasteiger partial charge in [-0.05, 0) is 36.6 Å². The number of hydrogen-bond donors (Lipinski definition) is 1. The van der Waals surface area contributed by atoms with Gasteiger partial charge >= 0.3 is 0 Å². The van der Waals surface area contributed by atoms with Gasteiger partial charge in [-0.1, -0.05) is 25.8 Å². The highest BCUT2D eigenvalue weighted by atomic mass is 32.1. The van der Waals surface area contributed by atoms with Crippen molar-refractivity contribution in [1.82, 2.24) is 14.9 Å². The molecular weight excluding hydrogens is 278 g/mol. The Kier molecular flexibility index (Phi) is 4.76. The van der Waals surface area contributed by atoms with E-state index >= 15 is 0 Å². The van der Waals surface area contributed by atoms with E-state index in [-0.39, 0.29) is 6.04 Å². The maximum Gasteiger partial charge on any atom is 0.131 e. The van der Waals surface area contributed by atoms with Crippen LogP contribution >= 0.6 is 11.3 Å². The molecule has 3 rings (SSSR count). The molecule has 1 aliphatic rings. The van der Waals surface area contributed by atoms with Crippen molar-refractivity contribution in [3.63, 3.8) is 0 Å². The fourth-order valence-corrected chi connectivity index (χ4v) is 4.07. The van der Waals surface area contributed by atoms with E-state index in [1.165, 1.54) is 37.0 Å². The lowest BCUT2D eigenvalue weighted by molar-refractivity contribution is 0.410. The van der Waals surface area contributed by atoms with Gasteiger partial charge in [0.1, 0.15) is 11.9 Å². The normalized spacial score (nSPS) is 24.7. The Balaban J connectivity index is 1.78. The Bertz CT molecular complexity index is 546. The molecule has 2 heterocycles.